The van der Waals surface area contributed by atoms with Crippen molar-refractivity contribution in [3.63, 3.8) is 0 Å². The minimum absolute atomic E-state index is 0.325. The molecular weight excluding hydrogens is 274 g/mol. The summed E-state index contributed by atoms with van der Waals surface area (Å²) in [5, 5.41) is 1.22. The van der Waals surface area contributed by atoms with Crippen LogP contribution in [0.25, 0.3) is 6.08 Å². The number of aromatic amines is 1. The maximum atomic E-state index is 11.8. The second kappa shape index (κ2) is 4.83. The molecule has 20 heavy (non-hydrogen) atoms. The van der Waals surface area contributed by atoms with E-state index in [1.165, 1.54) is 11.0 Å². The minimum Gasteiger partial charge on any atom is -0.493 e. The summed E-state index contributed by atoms with van der Waals surface area (Å²) in [5.74, 6) is 0.615. The third-order valence-electron chi connectivity index (χ3n) is 3.42. The first-order valence-corrected chi connectivity index (χ1v) is 7.94. The molecule has 1 aromatic carbocycles. The quantitative estimate of drug-likeness (QED) is 0.941. The molecule has 0 spiro atoms. The summed E-state index contributed by atoms with van der Waals surface area (Å²) in [4.78, 5) is 3.49. The van der Waals surface area contributed by atoms with Crippen molar-refractivity contribution in [3.05, 3.63) is 52.7 Å². The first kappa shape index (κ1) is 13.0. The first-order valence-electron chi connectivity index (χ1n) is 6.40. The van der Waals surface area contributed by atoms with Crippen LogP contribution >= 0.6 is 0 Å². The van der Waals surface area contributed by atoms with Gasteiger partial charge in [0.1, 0.15) is 5.75 Å². The van der Waals surface area contributed by atoms with Gasteiger partial charge in [-0.25, -0.2) is 8.42 Å². The number of sulfone groups is 1. The van der Waals surface area contributed by atoms with Gasteiger partial charge in [0.15, 0.2) is 0 Å². The van der Waals surface area contributed by atoms with Crippen molar-refractivity contribution in [1.82, 2.24) is 4.98 Å². The summed E-state index contributed by atoms with van der Waals surface area (Å²) < 4.78 is 29.3. The third kappa shape index (κ3) is 2.25. The Hall–Kier alpha value is -2.01. The number of nitrogens with one attached hydrogen (secondary N) is 1. The molecule has 0 amide bonds. The van der Waals surface area contributed by atoms with E-state index in [4.69, 9.17) is 4.74 Å². The Bertz CT molecular complexity index is 772. The van der Waals surface area contributed by atoms with E-state index in [-0.39, 0.29) is 0 Å². The highest BCUT2D eigenvalue weighted by atomic mass is 32.2. The van der Waals surface area contributed by atoms with Crippen molar-refractivity contribution >= 4 is 15.9 Å². The predicted octanol–water partition coefficient (Wildman–Crippen LogP) is 2.70. The Labute approximate surface area is 118 Å². The highest BCUT2D eigenvalue weighted by Gasteiger charge is 2.23. The van der Waals surface area contributed by atoms with Crippen LogP contribution in [-0.4, -0.2) is 20.0 Å². The summed E-state index contributed by atoms with van der Waals surface area (Å²) in [6, 6.07) is 7.13. The molecule has 104 valence electrons. The van der Waals surface area contributed by atoms with Gasteiger partial charge in [-0.2, -0.15) is 0 Å². The molecule has 5 heteroatoms. The molecule has 0 radical (unpaired) electrons. The van der Waals surface area contributed by atoms with Crippen LogP contribution in [0.3, 0.4) is 0 Å². The van der Waals surface area contributed by atoms with E-state index in [0.29, 0.717) is 22.8 Å². The second-order valence-corrected chi connectivity index (χ2v) is 6.56. The number of rotatable bonds is 4. The molecule has 0 atom stereocenters. The molecule has 0 bridgehead atoms. The van der Waals surface area contributed by atoms with Gasteiger partial charge in [-0.1, -0.05) is 6.07 Å². The van der Waals surface area contributed by atoms with Crippen LogP contribution in [0.15, 0.2) is 40.8 Å². The fourth-order valence-electron chi connectivity index (χ4n) is 2.31. The average molecular weight is 289 g/mol. The molecule has 0 saturated carbocycles. The monoisotopic (exact) mass is 289 g/mol. The van der Waals surface area contributed by atoms with Crippen LogP contribution in [0.2, 0.25) is 0 Å². The normalized spacial score (nSPS) is 15.2. The third-order valence-corrected chi connectivity index (χ3v) is 4.89. The van der Waals surface area contributed by atoms with Crippen LogP contribution in [0, 0.1) is 6.92 Å². The van der Waals surface area contributed by atoms with Gasteiger partial charge in [0, 0.05) is 29.3 Å². The van der Waals surface area contributed by atoms with Crippen molar-refractivity contribution in [1.29, 1.82) is 0 Å². The SMILES string of the molecule is Cc1cc[nH]c1CCOc1cccc2c1C=CS2(=O)=O. The van der Waals surface area contributed by atoms with Gasteiger partial charge in [0.05, 0.1) is 11.5 Å². The van der Waals surface area contributed by atoms with Gasteiger partial charge in [-0.15, -0.1) is 0 Å². The second-order valence-electron chi connectivity index (χ2n) is 4.75. The number of aromatic nitrogens is 1. The Kier molecular flexibility index (Phi) is 3.14. The number of ether oxygens (including phenoxy) is 1. The molecular formula is C15H15NO3S. The van der Waals surface area contributed by atoms with Crippen LogP contribution in [0.4, 0.5) is 0 Å². The fourth-order valence-corrected chi connectivity index (χ4v) is 3.51. The van der Waals surface area contributed by atoms with Crippen LogP contribution < -0.4 is 4.74 Å². The molecule has 1 aromatic heterocycles. The molecule has 0 saturated heterocycles. The maximum absolute atomic E-state index is 11.8. The summed E-state index contributed by atoms with van der Waals surface area (Å²) in [6.07, 6.45) is 4.26. The zero-order valence-electron chi connectivity index (χ0n) is 11.1. The zero-order chi connectivity index (χ0) is 14.2. The Balaban J connectivity index is 1.75. The van der Waals surface area contributed by atoms with E-state index in [9.17, 15) is 8.42 Å². The lowest BCUT2D eigenvalue weighted by molar-refractivity contribution is 0.319. The molecule has 0 fully saturated rings. The number of H-pyrrole nitrogens is 1. The van der Waals surface area contributed by atoms with E-state index >= 15 is 0 Å². The Morgan fingerprint density at radius 3 is 2.85 bits per heavy atom. The molecule has 4 nitrogen and oxygen atoms in total. The predicted molar refractivity (Wildman–Crippen MR) is 77.4 cm³/mol. The maximum Gasteiger partial charge on any atom is 0.200 e. The van der Waals surface area contributed by atoms with Gasteiger partial charge in [-0.3, -0.25) is 0 Å². The summed E-state index contributed by atoms with van der Waals surface area (Å²) in [5.41, 5.74) is 2.99. The van der Waals surface area contributed by atoms with E-state index in [1.54, 1.807) is 24.3 Å². The lowest BCUT2D eigenvalue weighted by atomic mass is 10.2. The molecule has 3 rings (SSSR count). The smallest absolute Gasteiger partial charge is 0.200 e. The first-order chi connectivity index (χ1) is 9.58. The van der Waals surface area contributed by atoms with Gasteiger partial charge >= 0.3 is 0 Å². The van der Waals surface area contributed by atoms with Gasteiger partial charge in [0.2, 0.25) is 9.84 Å². The number of benzene rings is 1. The van der Waals surface area contributed by atoms with E-state index < -0.39 is 9.84 Å². The molecule has 1 N–H and O–H groups in total. The molecule has 0 aliphatic carbocycles. The minimum atomic E-state index is -3.27. The van der Waals surface area contributed by atoms with E-state index in [2.05, 4.69) is 4.98 Å². The number of hydrogen-bond acceptors (Lipinski definition) is 3. The topological polar surface area (TPSA) is 59.2 Å². The summed E-state index contributed by atoms with van der Waals surface area (Å²) in [6.45, 7) is 2.55. The van der Waals surface area contributed by atoms with Crippen molar-refractivity contribution in [2.75, 3.05) is 6.61 Å². The molecule has 1 aliphatic rings. The molecule has 0 unspecified atom stereocenters. The number of aryl methyl sites for hydroxylation is 1. The molecule has 2 heterocycles. The Morgan fingerprint density at radius 2 is 2.10 bits per heavy atom. The zero-order valence-corrected chi connectivity index (χ0v) is 11.9. The van der Waals surface area contributed by atoms with E-state index in [1.807, 2.05) is 19.2 Å². The largest absolute Gasteiger partial charge is 0.493 e. The van der Waals surface area contributed by atoms with Crippen LogP contribution in [-0.2, 0) is 16.3 Å². The van der Waals surface area contributed by atoms with Crippen LogP contribution in [0.5, 0.6) is 5.75 Å². The van der Waals surface area contributed by atoms with Crippen molar-refractivity contribution in [3.8, 4) is 5.75 Å². The highest BCUT2D eigenvalue weighted by molar-refractivity contribution is 7.94. The van der Waals surface area contributed by atoms with Crippen molar-refractivity contribution in [2.45, 2.75) is 18.2 Å². The lowest BCUT2D eigenvalue weighted by Crippen LogP contribution is -2.04. The van der Waals surface area contributed by atoms with Gasteiger partial charge in [-0.05, 0) is 36.8 Å². The molecule has 1 aliphatic heterocycles. The standard InChI is InChI=1S/C15H15NO3S/c1-11-5-8-16-13(11)6-9-19-14-3-2-4-15-12(14)7-10-20(15,17)18/h2-5,7-8,10,16H,6,9H2,1H3. The van der Waals surface area contributed by atoms with Crippen molar-refractivity contribution < 1.29 is 13.2 Å². The number of fused-ring (bicyclic) bond motifs is 1. The van der Waals surface area contributed by atoms with Gasteiger partial charge < -0.3 is 9.72 Å². The van der Waals surface area contributed by atoms with E-state index in [0.717, 1.165) is 12.1 Å². The Morgan fingerprint density at radius 1 is 1.25 bits per heavy atom. The van der Waals surface area contributed by atoms with Crippen molar-refractivity contribution in [2.24, 2.45) is 0 Å². The average Bonchev–Trinajstić information content (AvgIpc) is 2.95. The van der Waals surface area contributed by atoms with Crippen LogP contribution in [0.1, 0.15) is 16.8 Å². The molecule has 2 aromatic rings. The number of hydrogen-bond donors (Lipinski definition) is 1. The summed E-state index contributed by atoms with van der Waals surface area (Å²) >= 11 is 0. The highest BCUT2D eigenvalue weighted by Crippen LogP contribution is 2.33. The lowest BCUT2D eigenvalue weighted by Gasteiger charge is -2.09. The fraction of sp³-hybridized carbons (Fsp3) is 0.200. The van der Waals surface area contributed by atoms with Gasteiger partial charge in [0.25, 0.3) is 0 Å². The summed E-state index contributed by atoms with van der Waals surface area (Å²) in [7, 11) is -3.27.